The van der Waals surface area contributed by atoms with Gasteiger partial charge in [0, 0.05) is 31.8 Å². The largest absolute Gasteiger partial charge is 0.371 e. The number of carbonyl (C=O) groups is 1. The van der Waals surface area contributed by atoms with Gasteiger partial charge in [0.05, 0.1) is 32.5 Å². The van der Waals surface area contributed by atoms with Gasteiger partial charge in [0.1, 0.15) is 5.52 Å². The summed E-state index contributed by atoms with van der Waals surface area (Å²) in [6.45, 7) is 0.268. The third-order valence-electron chi connectivity index (χ3n) is 5.75. The Balaban J connectivity index is 1.44. The van der Waals surface area contributed by atoms with Gasteiger partial charge in [-0.05, 0) is 35.4 Å². The lowest BCUT2D eigenvalue weighted by molar-refractivity contribution is 0.0947. The second-order valence-electron chi connectivity index (χ2n) is 8.24. The maximum atomic E-state index is 12.8. The fourth-order valence-corrected chi connectivity index (χ4v) is 6.15. The molecule has 0 radical (unpaired) electrons. The van der Waals surface area contributed by atoms with Gasteiger partial charge >= 0.3 is 0 Å². The molecule has 0 aliphatic rings. The van der Waals surface area contributed by atoms with Gasteiger partial charge in [0.15, 0.2) is 15.7 Å². The number of amides is 1. The van der Waals surface area contributed by atoms with Gasteiger partial charge in [-0.3, -0.25) is 4.79 Å². The molecule has 0 atom stereocenters. The van der Waals surface area contributed by atoms with E-state index < -0.39 is 15.7 Å². The molecule has 5 aromatic rings. The van der Waals surface area contributed by atoms with Crippen molar-refractivity contribution in [3.8, 4) is 10.4 Å². The van der Waals surface area contributed by atoms with Crippen LogP contribution in [0.5, 0.6) is 0 Å². The molecule has 0 unspecified atom stereocenters. The predicted molar refractivity (Wildman–Crippen MR) is 140 cm³/mol. The Morgan fingerprint density at radius 3 is 2.69 bits per heavy atom. The minimum atomic E-state index is -3.51. The number of nitrogens with one attached hydrogen (secondary N) is 2. The number of sulfone groups is 1. The predicted octanol–water partition coefficient (Wildman–Crippen LogP) is 4.23. The summed E-state index contributed by atoms with van der Waals surface area (Å²) in [6.07, 6.45) is 2.89. The van der Waals surface area contributed by atoms with Gasteiger partial charge < -0.3 is 15.2 Å². The number of benzene rings is 2. The van der Waals surface area contributed by atoms with Crippen molar-refractivity contribution >= 4 is 54.1 Å². The van der Waals surface area contributed by atoms with Crippen LogP contribution in [0, 0.1) is 0 Å². The number of hydrogen-bond donors (Lipinski definition) is 2. The van der Waals surface area contributed by atoms with Crippen LogP contribution >= 0.6 is 11.3 Å². The molecular weight excluding hydrogens is 482 g/mol. The highest BCUT2D eigenvalue weighted by Gasteiger charge is 2.18. The molecule has 178 valence electrons. The van der Waals surface area contributed by atoms with Crippen molar-refractivity contribution in [1.29, 1.82) is 0 Å². The normalized spacial score (nSPS) is 11.7. The Labute approximate surface area is 206 Å². The second-order valence-corrected chi connectivity index (χ2v) is 11.3. The second kappa shape index (κ2) is 8.79. The van der Waals surface area contributed by atoms with E-state index in [-0.39, 0.29) is 17.0 Å². The molecule has 3 heterocycles. The smallest absolute Gasteiger partial charge is 0.252 e. The zero-order valence-electron chi connectivity index (χ0n) is 19.4. The van der Waals surface area contributed by atoms with Gasteiger partial charge in [-0.25, -0.2) is 18.4 Å². The molecule has 2 aromatic carbocycles. The molecule has 0 saturated carbocycles. The number of fused-ring (bicyclic) bond motifs is 3. The van der Waals surface area contributed by atoms with Crippen LogP contribution in [0.15, 0.2) is 65.8 Å². The number of aryl methyl sites for hydroxylation is 1. The molecule has 8 nitrogen and oxygen atoms in total. The maximum Gasteiger partial charge on any atom is 0.252 e. The Morgan fingerprint density at radius 2 is 1.91 bits per heavy atom. The molecule has 0 saturated heterocycles. The van der Waals surface area contributed by atoms with E-state index in [1.54, 1.807) is 29.8 Å². The Morgan fingerprint density at radius 1 is 1.11 bits per heavy atom. The molecule has 1 amide bonds. The molecule has 0 fully saturated rings. The highest BCUT2D eigenvalue weighted by molar-refractivity contribution is 7.90. The summed E-state index contributed by atoms with van der Waals surface area (Å²) < 4.78 is 27.1. The summed E-state index contributed by atoms with van der Waals surface area (Å²) in [5.41, 5.74) is 4.81. The van der Waals surface area contributed by atoms with E-state index in [1.807, 2.05) is 42.9 Å². The molecule has 0 spiro atoms. The van der Waals surface area contributed by atoms with E-state index in [2.05, 4.69) is 21.7 Å². The maximum absolute atomic E-state index is 12.8. The first-order valence-corrected chi connectivity index (χ1v) is 13.6. The minimum Gasteiger partial charge on any atom is -0.371 e. The number of aromatic nitrogens is 3. The average molecular weight is 506 g/mol. The van der Waals surface area contributed by atoms with Gasteiger partial charge in [0.2, 0.25) is 0 Å². The van der Waals surface area contributed by atoms with E-state index in [1.165, 1.54) is 12.1 Å². The summed E-state index contributed by atoms with van der Waals surface area (Å²) in [4.78, 5) is 23.1. The molecule has 0 aliphatic heterocycles. The number of anilines is 1. The van der Waals surface area contributed by atoms with Gasteiger partial charge in [0.25, 0.3) is 5.91 Å². The molecule has 0 aliphatic carbocycles. The quantitative estimate of drug-likeness (QED) is 0.358. The van der Waals surface area contributed by atoms with Crippen LogP contribution in [0.3, 0.4) is 0 Å². The first-order valence-electron chi connectivity index (χ1n) is 10.8. The lowest BCUT2D eigenvalue weighted by Gasteiger charge is -2.09. The Bertz CT molecular complexity index is 1700. The van der Waals surface area contributed by atoms with E-state index in [9.17, 15) is 13.2 Å². The summed E-state index contributed by atoms with van der Waals surface area (Å²) in [5, 5.41) is 5.97. The fraction of sp³-hybridized carbons (Fsp3) is 0.160. The van der Waals surface area contributed by atoms with Crippen molar-refractivity contribution in [2.75, 3.05) is 18.6 Å². The average Bonchev–Trinajstić information content (AvgIpc) is 3.45. The third-order valence-corrected chi connectivity index (χ3v) is 8.09. The summed E-state index contributed by atoms with van der Waals surface area (Å²) >= 11 is 1.65. The van der Waals surface area contributed by atoms with Crippen LogP contribution in [-0.4, -0.2) is 42.2 Å². The van der Waals surface area contributed by atoms with E-state index in [0.717, 1.165) is 49.3 Å². The zero-order chi connectivity index (χ0) is 24.7. The standard InChI is InChI=1S/C25H23N5O3S2/c1-26-24-21-22(30(2)14-28-21)23-18(29-24)12-19(34-23)16-8-6-7-15(11-16)13-27-25(31)17-9-4-5-10-20(17)35(3,32)33/h4-12,14H,13H2,1-3H3,(H,26,29)(H,27,31). The van der Waals surface area contributed by atoms with Gasteiger partial charge in [-0.2, -0.15) is 0 Å². The third kappa shape index (κ3) is 4.26. The van der Waals surface area contributed by atoms with Crippen LogP contribution in [0.1, 0.15) is 15.9 Å². The monoisotopic (exact) mass is 505 g/mol. The fourth-order valence-electron chi connectivity index (χ4n) is 4.09. The van der Waals surface area contributed by atoms with Crippen LogP contribution in [0.2, 0.25) is 0 Å². The highest BCUT2D eigenvalue weighted by Crippen LogP contribution is 2.38. The number of rotatable bonds is 6. The number of carbonyl (C=O) groups excluding carboxylic acids is 1. The molecular formula is C25H23N5O3S2. The molecule has 2 N–H and O–H groups in total. The lowest BCUT2D eigenvalue weighted by Crippen LogP contribution is -2.24. The number of imidazole rings is 1. The van der Waals surface area contributed by atoms with E-state index in [4.69, 9.17) is 4.98 Å². The topological polar surface area (TPSA) is 106 Å². The van der Waals surface area contributed by atoms with Crippen LogP contribution in [-0.2, 0) is 23.4 Å². The van der Waals surface area contributed by atoms with Crippen molar-refractivity contribution in [2.45, 2.75) is 11.4 Å². The summed E-state index contributed by atoms with van der Waals surface area (Å²) in [6, 6.07) is 16.2. The molecule has 35 heavy (non-hydrogen) atoms. The van der Waals surface area contributed by atoms with Gasteiger partial charge in [-0.15, -0.1) is 11.3 Å². The first-order chi connectivity index (χ1) is 16.8. The van der Waals surface area contributed by atoms with Gasteiger partial charge in [-0.1, -0.05) is 30.3 Å². The zero-order valence-corrected chi connectivity index (χ0v) is 21.0. The summed E-state index contributed by atoms with van der Waals surface area (Å²) in [5.74, 6) is 0.309. The molecule has 3 aromatic heterocycles. The van der Waals surface area contributed by atoms with Crippen LogP contribution in [0.25, 0.3) is 31.7 Å². The minimum absolute atomic E-state index is 0.0199. The Kier molecular flexibility index (Phi) is 5.78. The number of nitrogens with zero attached hydrogens (tertiary/aromatic N) is 3. The van der Waals surface area contributed by atoms with Crippen LogP contribution in [0.4, 0.5) is 5.82 Å². The molecule has 0 bridgehead atoms. The molecule has 10 heteroatoms. The number of pyridine rings is 1. The SMILES string of the molecule is CNc1nc2cc(-c3cccc(CNC(=O)c4ccccc4S(C)(=O)=O)c3)sc2c2c1ncn2C. The first kappa shape index (κ1) is 23.0. The molecule has 5 rings (SSSR count). The number of thiophene rings is 1. The van der Waals surface area contributed by atoms with Crippen molar-refractivity contribution in [2.24, 2.45) is 7.05 Å². The van der Waals surface area contributed by atoms with E-state index in [0.29, 0.717) is 0 Å². The van der Waals surface area contributed by atoms with Crippen molar-refractivity contribution in [1.82, 2.24) is 19.9 Å². The lowest BCUT2D eigenvalue weighted by atomic mass is 10.1. The van der Waals surface area contributed by atoms with E-state index >= 15 is 0 Å². The summed E-state index contributed by atoms with van der Waals surface area (Å²) in [7, 11) is 0.293. The van der Waals surface area contributed by atoms with Crippen LogP contribution < -0.4 is 10.6 Å². The highest BCUT2D eigenvalue weighted by atomic mass is 32.2. The van der Waals surface area contributed by atoms with Crippen molar-refractivity contribution in [3.63, 3.8) is 0 Å². The van der Waals surface area contributed by atoms with Crippen molar-refractivity contribution < 1.29 is 13.2 Å². The van der Waals surface area contributed by atoms with Crippen molar-refractivity contribution in [3.05, 3.63) is 72.1 Å². The Hall–Kier alpha value is -3.76. The number of hydrogen-bond acceptors (Lipinski definition) is 7.